The lowest BCUT2D eigenvalue weighted by Gasteiger charge is -2.35. The smallest absolute Gasteiger partial charge is 0.132 e. The van der Waals surface area contributed by atoms with E-state index >= 15 is 0 Å². The molecule has 0 amide bonds. The molecule has 0 spiro atoms. The maximum absolute atomic E-state index is 11.3. The Bertz CT molecular complexity index is 299. The van der Waals surface area contributed by atoms with Gasteiger partial charge >= 0.3 is 0 Å². The molecule has 3 heteroatoms. The molecule has 1 unspecified atom stereocenters. The molecule has 1 heterocycles. The first-order chi connectivity index (χ1) is 9.21. The highest BCUT2D eigenvalue weighted by Crippen LogP contribution is 2.13. The highest BCUT2D eigenvalue weighted by atomic mass is 16.1. The van der Waals surface area contributed by atoms with Gasteiger partial charge in [-0.05, 0) is 25.8 Å². The van der Waals surface area contributed by atoms with E-state index < -0.39 is 0 Å². The molecule has 19 heavy (non-hydrogen) atoms. The van der Waals surface area contributed by atoms with Gasteiger partial charge in [0.2, 0.25) is 0 Å². The number of ketones is 1. The third kappa shape index (κ3) is 5.87. The second kappa shape index (κ2) is 9.27. The van der Waals surface area contributed by atoms with Crippen LogP contribution >= 0.6 is 0 Å². The summed E-state index contributed by atoms with van der Waals surface area (Å²) in [5.41, 5.74) is 1.54. The summed E-state index contributed by atoms with van der Waals surface area (Å²) >= 11 is 0. The van der Waals surface area contributed by atoms with Crippen molar-refractivity contribution in [2.24, 2.45) is 0 Å². The van der Waals surface area contributed by atoms with E-state index in [2.05, 4.69) is 30.1 Å². The number of carbonyl (C=O) groups is 1. The number of carbonyl (C=O) groups excluding carboxylic acids is 1. The molecule has 0 aromatic heterocycles. The number of piperazine rings is 1. The molecule has 0 aromatic carbocycles. The minimum atomic E-state index is 0.395. The van der Waals surface area contributed by atoms with Crippen LogP contribution in [0.5, 0.6) is 0 Å². The van der Waals surface area contributed by atoms with Crippen molar-refractivity contribution < 1.29 is 4.79 Å². The van der Waals surface area contributed by atoms with E-state index in [0.717, 1.165) is 51.9 Å². The van der Waals surface area contributed by atoms with E-state index in [0.29, 0.717) is 18.2 Å². The molecule has 0 aromatic rings. The fourth-order valence-corrected chi connectivity index (χ4v) is 2.73. The zero-order chi connectivity index (χ0) is 14.1. The summed E-state index contributed by atoms with van der Waals surface area (Å²) in [6.07, 6.45) is 7.06. The second-order valence-corrected chi connectivity index (χ2v) is 5.34. The Labute approximate surface area is 118 Å². The van der Waals surface area contributed by atoms with Gasteiger partial charge in [-0.3, -0.25) is 4.79 Å². The summed E-state index contributed by atoms with van der Waals surface area (Å²) in [4.78, 5) is 13.8. The lowest BCUT2D eigenvalue weighted by atomic mass is 10.0. The number of hydrogen-bond donors (Lipinski definition) is 1. The Hall–Kier alpha value is -0.670. The van der Waals surface area contributed by atoms with Gasteiger partial charge < -0.3 is 10.2 Å². The van der Waals surface area contributed by atoms with Crippen molar-refractivity contribution in [2.45, 2.75) is 58.9 Å². The molecule has 0 aliphatic carbocycles. The molecule has 1 fully saturated rings. The fourth-order valence-electron chi connectivity index (χ4n) is 2.73. The average Bonchev–Trinajstić information content (AvgIpc) is 2.44. The quantitative estimate of drug-likeness (QED) is 0.686. The third-order valence-corrected chi connectivity index (χ3v) is 3.91. The van der Waals surface area contributed by atoms with Crippen molar-refractivity contribution >= 4 is 5.78 Å². The molecule has 0 bridgehead atoms. The summed E-state index contributed by atoms with van der Waals surface area (Å²) in [5.74, 6) is 0.395. The highest BCUT2D eigenvalue weighted by molar-refractivity contribution is 5.77. The lowest BCUT2D eigenvalue weighted by molar-refractivity contribution is -0.118. The molecule has 110 valence electrons. The highest BCUT2D eigenvalue weighted by Gasteiger charge is 2.20. The zero-order valence-corrected chi connectivity index (χ0v) is 12.9. The van der Waals surface area contributed by atoms with Crippen LogP contribution in [0, 0.1) is 0 Å². The number of nitrogens with one attached hydrogen (secondary N) is 1. The standard InChI is InChI=1S/C16H30N2O/c1-4-8-14(5-2)16-13-18(12-10-17-16)11-7-9-15(19)6-3/h8,16-17H,4-7,9-13H2,1-3H3/b14-8+. The molecule has 1 N–H and O–H groups in total. The lowest BCUT2D eigenvalue weighted by Crippen LogP contribution is -2.51. The SMILES string of the molecule is CC/C=C(\CC)C1CN(CCCC(=O)CC)CCN1. The number of nitrogens with zero attached hydrogens (tertiary/aromatic N) is 1. The van der Waals surface area contributed by atoms with E-state index in [1.807, 2.05) is 6.92 Å². The molecule has 0 saturated carbocycles. The van der Waals surface area contributed by atoms with Gasteiger partial charge in [0.15, 0.2) is 0 Å². The first-order valence-corrected chi connectivity index (χ1v) is 7.87. The van der Waals surface area contributed by atoms with Crippen molar-refractivity contribution in [3.05, 3.63) is 11.6 Å². The molecule has 1 saturated heterocycles. The number of allylic oxidation sites excluding steroid dienone is 1. The molecule has 1 rings (SSSR count). The summed E-state index contributed by atoms with van der Waals surface area (Å²) in [6, 6.07) is 0.514. The maximum atomic E-state index is 11.3. The van der Waals surface area contributed by atoms with Crippen LogP contribution in [0.3, 0.4) is 0 Å². The van der Waals surface area contributed by atoms with Crippen LogP contribution in [-0.4, -0.2) is 42.9 Å². The van der Waals surface area contributed by atoms with Gasteiger partial charge in [-0.2, -0.15) is 0 Å². The van der Waals surface area contributed by atoms with Gasteiger partial charge in [-0.1, -0.05) is 32.4 Å². The summed E-state index contributed by atoms with van der Waals surface area (Å²) in [6.45, 7) is 10.7. The van der Waals surface area contributed by atoms with E-state index in [1.54, 1.807) is 0 Å². The predicted molar refractivity (Wildman–Crippen MR) is 81.4 cm³/mol. The average molecular weight is 266 g/mol. The van der Waals surface area contributed by atoms with Gasteiger partial charge in [-0.25, -0.2) is 0 Å². The van der Waals surface area contributed by atoms with Crippen LogP contribution in [-0.2, 0) is 4.79 Å². The van der Waals surface area contributed by atoms with Gasteiger partial charge in [0.1, 0.15) is 5.78 Å². The fraction of sp³-hybridized carbons (Fsp3) is 0.812. The largest absolute Gasteiger partial charge is 0.308 e. The minimum Gasteiger partial charge on any atom is -0.308 e. The molecular formula is C16H30N2O. The molecule has 1 aliphatic heterocycles. The summed E-state index contributed by atoms with van der Waals surface area (Å²) in [5, 5.41) is 3.62. The first kappa shape index (κ1) is 16.4. The number of rotatable bonds is 8. The predicted octanol–water partition coefficient (Wildman–Crippen LogP) is 2.77. The van der Waals surface area contributed by atoms with Crippen molar-refractivity contribution in [1.29, 1.82) is 0 Å². The minimum absolute atomic E-state index is 0.395. The Morgan fingerprint density at radius 1 is 1.32 bits per heavy atom. The Morgan fingerprint density at radius 2 is 2.11 bits per heavy atom. The Morgan fingerprint density at radius 3 is 2.74 bits per heavy atom. The molecule has 1 atom stereocenters. The summed E-state index contributed by atoms with van der Waals surface area (Å²) < 4.78 is 0. The normalized spacial score (nSPS) is 21.6. The van der Waals surface area contributed by atoms with Crippen LogP contribution in [0.25, 0.3) is 0 Å². The molecule has 3 nitrogen and oxygen atoms in total. The number of hydrogen-bond acceptors (Lipinski definition) is 3. The second-order valence-electron chi connectivity index (χ2n) is 5.34. The van der Waals surface area contributed by atoms with Crippen molar-refractivity contribution in [2.75, 3.05) is 26.2 Å². The van der Waals surface area contributed by atoms with Crippen LogP contribution < -0.4 is 5.32 Å². The van der Waals surface area contributed by atoms with Crippen LogP contribution in [0.15, 0.2) is 11.6 Å². The van der Waals surface area contributed by atoms with E-state index in [4.69, 9.17) is 0 Å². The summed E-state index contributed by atoms with van der Waals surface area (Å²) in [7, 11) is 0. The van der Waals surface area contributed by atoms with Crippen LogP contribution in [0.4, 0.5) is 0 Å². The monoisotopic (exact) mass is 266 g/mol. The third-order valence-electron chi connectivity index (χ3n) is 3.91. The van der Waals surface area contributed by atoms with Crippen LogP contribution in [0.2, 0.25) is 0 Å². The molecular weight excluding hydrogens is 236 g/mol. The van der Waals surface area contributed by atoms with E-state index in [1.165, 1.54) is 5.57 Å². The van der Waals surface area contributed by atoms with Crippen molar-refractivity contribution in [3.8, 4) is 0 Å². The molecule has 1 aliphatic rings. The van der Waals surface area contributed by atoms with E-state index in [9.17, 15) is 4.79 Å². The Kier molecular flexibility index (Phi) is 7.99. The van der Waals surface area contributed by atoms with Crippen molar-refractivity contribution in [1.82, 2.24) is 10.2 Å². The number of Topliss-reactive ketones (excluding diaryl/α,β-unsaturated/α-hetero) is 1. The van der Waals surface area contributed by atoms with Gasteiger partial charge in [-0.15, -0.1) is 0 Å². The van der Waals surface area contributed by atoms with E-state index in [-0.39, 0.29) is 0 Å². The Balaban J connectivity index is 2.37. The first-order valence-electron chi connectivity index (χ1n) is 7.87. The van der Waals surface area contributed by atoms with Crippen molar-refractivity contribution in [3.63, 3.8) is 0 Å². The maximum Gasteiger partial charge on any atom is 0.132 e. The van der Waals surface area contributed by atoms with Gasteiger partial charge in [0.05, 0.1) is 0 Å². The molecule has 0 radical (unpaired) electrons. The topological polar surface area (TPSA) is 32.3 Å². The van der Waals surface area contributed by atoms with Gasteiger partial charge in [0.25, 0.3) is 0 Å². The van der Waals surface area contributed by atoms with Crippen LogP contribution in [0.1, 0.15) is 52.9 Å². The van der Waals surface area contributed by atoms with Gasteiger partial charge in [0, 0.05) is 38.5 Å². The zero-order valence-electron chi connectivity index (χ0n) is 12.9.